The van der Waals surface area contributed by atoms with Gasteiger partial charge in [-0.15, -0.1) is 0 Å². The van der Waals surface area contributed by atoms with Crippen molar-refractivity contribution >= 4 is 23.3 Å². The molecule has 0 bridgehead atoms. The fourth-order valence-electron chi connectivity index (χ4n) is 2.60. The number of nitrogens with one attached hydrogen (secondary N) is 1. The van der Waals surface area contributed by atoms with Gasteiger partial charge in [0.25, 0.3) is 0 Å². The Bertz CT molecular complexity index is 719. The predicted octanol–water partition coefficient (Wildman–Crippen LogP) is 3.09. The summed E-state index contributed by atoms with van der Waals surface area (Å²) in [6, 6.07) is 16.7. The lowest BCUT2D eigenvalue weighted by atomic mass is 10.0. The summed E-state index contributed by atoms with van der Waals surface area (Å²) in [7, 11) is 1.85. The Morgan fingerprint density at radius 1 is 1.08 bits per heavy atom. The molecule has 0 saturated heterocycles. The van der Waals surface area contributed by atoms with Crippen LogP contribution in [0.2, 0.25) is 5.02 Å². The Labute approximate surface area is 153 Å². The molecule has 0 heterocycles. The number of Topliss-reactive ketones (excluding diaryl/α,β-unsaturated/α-hetero) is 1. The Balaban J connectivity index is 1.90. The topological polar surface area (TPSA) is 49.4 Å². The van der Waals surface area contributed by atoms with E-state index in [0.717, 1.165) is 11.1 Å². The first-order valence-electron chi connectivity index (χ1n) is 8.21. The normalized spacial score (nSPS) is 12.0. The number of halogens is 1. The van der Waals surface area contributed by atoms with E-state index in [9.17, 15) is 9.59 Å². The lowest BCUT2D eigenvalue weighted by Crippen LogP contribution is -2.45. The van der Waals surface area contributed by atoms with E-state index in [2.05, 4.69) is 5.32 Å². The molecule has 2 aromatic carbocycles. The van der Waals surface area contributed by atoms with Crippen molar-refractivity contribution in [1.82, 2.24) is 10.2 Å². The van der Waals surface area contributed by atoms with E-state index in [1.165, 1.54) is 6.92 Å². The van der Waals surface area contributed by atoms with Gasteiger partial charge in [0.1, 0.15) is 0 Å². The highest BCUT2D eigenvalue weighted by Gasteiger charge is 2.18. The molecule has 0 spiro atoms. The van der Waals surface area contributed by atoms with Crippen LogP contribution in [0.4, 0.5) is 0 Å². The zero-order chi connectivity index (χ0) is 18.2. The lowest BCUT2D eigenvalue weighted by molar-refractivity contribution is -0.127. The third-order valence-corrected chi connectivity index (χ3v) is 4.29. The molecular formula is C20H23ClN2O2. The average molecular weight is 359 g/mol. The molecule has 25 heavy (non-hydrogen) atoms. The molecule has 0 radical (unpaired) electrons. The van der Waals surface area contributed by atoms with Crippen molar-refractivity contribution in [2.45, 2.75) is 25.9 Å². The third kappa shape index (κ3) is 6.33. The van der Waals surface area contributed by atoms with Crippen LogP contribution in [0, 0.1) is 0 Å². The second-order valence-electron chi connectivity index (χ2n) is 6.18. The standard InChI is InChI=1S/C20H23ClN2O2/c1-15(24)19(12-16-8-4-3-5-9-16)22-20(25)14-23(2)13-17-10-6-7-11-18(17)21/h3-11,19H,12-14H2,1-2H3,(H,22,25)/t19-/m1/s1. The summed E-state index contributed by atoms with van der Waals surface area (Å²) in [5.74, 6) is -0.225. The van der Waals surface area contributed by atoms with Gasteiger partial charge in [0.05, 0.1) is 12.6 Å². The van der Waals surface area contributed by atoms with Gasteiger partial charge in [-0.3, -0.25) is 14.5 Å². The summed E-state index contributed by atoms with van der Waals surface area (Å²) in [6.07, 6.45) is 0.496. The molecule has 0 aromatic heterocycles. The van der Waals surface area contributed by atoms with Crippen LogP contribution in [0.25, 0.3) is 0 Å². The van der Waals surface area contributed by atoms with Crippen molar-refractivity contribution in [3.63, 3.8) is 0 Å². The maximum atomic E-state index is 12.3. The van der Waals surface area contributed by atoms with Gasteiger partial charge in [-0.1, -0.05) is 60.1 Å². The molecule has 1 atom stereocenters. The van der Waals surface area contributed by atoms with Crippen LogP contribution in [0.15, 0.2) is 54.6 Å². The Hall–Kier alpha value is -2.17. The van der Waals surface area contributed by atoms with Crippen molar-refractivity contribution in [1.29, 1.82) is 0 Å². The van der Waals surface area contributed by atoms with Gasteiger partial charge in [-0.05, 0) is 37.6 Å². The number of rotatable bonds is 8. The van der Waals surface area contributed by atoms with Gasteiger partial charge in [0.2, 0.25) is 5.91 Å². The van der Waals surface area contributed by atoms with Gasteiger partial charge in [0, 0.05) is 11.6 Å². The zero-order valence-corrected chi connectivity index (χ0v) is 15.3. The van der Waals surface area contributed by atoms with Gasteiger partial charge < -0.3 is 5.32 Å². The minimum Gasteiger partial charge on any atom is -0.345 e. The Morgan fingerprint density at radius 2 is 1.72 bits per heavy atom. The van der Waals surface area contributed by atoms with E-state index >= 15 is 0 Å². The highest BCUT2D eigenvalue weighted by Crippen LogP contribution is 2.16. The molecule has 0 aliphatic heterocycles. The first-order chi connectivity index (χ1) is 12.0. The first kappa shape index (κ1) is 19.2. The quantitative estimate of drug-likeness (QED) is 0.789. The number of hydrogen-bond donors (Lipinski definition) is 1. The van der Waals surface area contributed by atoms with Gasteiger partial charge in [-0.2, -0.15) is 0 Å². The molecule has 0 fully saturated rings. The number of hydrogen-bond acceptors (Lipinski definition) is 3. The van der Waals surface area contributed by atoms with Crippen LogP contribution >= 0.6 is 11.6 Å². The van der Waals surface area contributed by atoms with Gasteiger partial charge >= 0.3 is 0 Å². The number of carbonyl (C=O) groups excluding carboxylic acids is 2. The number of ketones is 1. The number of benzene rings is 2. The first-order valence-corrected chi connectivity index (χ1v) is 8.59. The Morgan fingerprint density at radius 3 is 2.36 bits per heavy atom. The van der Waals surface area contributed by atoms with E-state index in [1.807, 2.05) is 66.5 Å². The summed E-state index contributed by atoms with van der Waals surface area (Å²) in [5.41, 5.74) is 1.99. The minimum atomic E-state index is -0.511. The molecule has 4 nitrogen and oxygen atoms in total. The summed E-state index contributed by atoms with van der Waals surface area (Å²) in [6.45, 7) is 2.27. The molecule has 5 heteroatoms. The van der Waals surface area contributed by atoms with Gasteiger partial charge in [-0.25, -0.2) is 0 Å². The zero-order valence-electron chi connectivity index (χ0n) is 14.5. The maximum Gasteiger partial charge on any atom is 0.234 e. The van der Waals surface area contributed by atoms with Crippen molar-refractivity contribution < 1.29 is 9.59 Å². The molecule has 1 amide bonds. The van der Waals surface area contributed by atoms with E-state index in [-0.39, 0.29) is 18.2 Å². The fourth-order valence-corrected chi connectivity index (χ4v) is 2.80. The SMILES string of the molecule is CC(=O)[C@@H](Cc1ccccc1)NC(=O)CN(C)Cc1ccccc1Cl. The van der Waals surface area contributed by atoms with Crippen molar-refractivity contribution in [3.05, 3.63) is 70.7 Å². The summed E-state index contributed by atoms with van der Waals surface area (Å²) in [4.78, 5) is 26.0. The smallest absolute Gasteiger partial charge is 0.234 e. The monoisotopic (exact) mass is 358 g/mol. The molecule has 1 N–H and O–H groups in total. The molecule has 2 aromatic rings. The van der Waals surface area contributed by atoms with Crippen LogP contribution in [-0.2, 0) is 22.6 Å². The highest BCUT2D eigenvalue weighted by molar-refractivity contribution is 6.31. The van der Waals surface area contributed by atoms with E-state index in [1.54, 1.807) is 0 Å². The molecule has 0 saturated carbocycles. The Kier molecular flexibility index (Phi) is 7.16. The molecular weight excluding hydrogens is 336 g/mol. The lowest BCUT2D eigenvalue weighted by Gasteiger charge is -2.20. The number of carbonyl (C=O) groups is 2. The van der Waals surface area contributed by atoms with Gasteiger partial charge in [0.15, 0.2) is 5.78 Å². The molecule has 132 valence electrons. The van der Waals surface area contributed by atoms with Crippen LogP contribution in [0.1, 0.15) is 18.1 Å². The summed E-state index contributed by atoms with van der Waals surface area (Å²) in [5, 5.41) is 3.51. The molecule has 0 unspecified atom stereocenters. The predicted molar refractivity (Wildman–Crippen MR) is 101 cm³/mol. The minimum absolute atomic E-state index is 0.0500. The summed E-state index contributed by atoms with van der Waals surface area (Å²) >= 11 is 6.15. The third-order valence-electron chi connectivity index (χ3n) is 3.92. The van der Waals surface area contributed by atoms with Crippen LogP contribution in [-0.4, -0.2) is 36.2 Å². The summed E-state index contributed by atoms with van der Waals surface area (Å²) < 4.78 is 0. The molecule has 0 aliphatic carbocycles. The number of nitrogens with zero attached hydrogens (tertiary/aromatic N) is 1. The van der Waals surface area contributed by atoms with Crippen LogP contribution in [0.5, 0.6) is 0 Å². The van der Waals surface area contributed by atoms with Crippen LogP contribution < -0.4 is 5.32 Å². The average Bonchev–Trinajstić information content (AvgIpc) is 2.57. The van der Waals surface area contributed by atoms with Crippen molar-refractivity contribution in [3.8, 4) is 0 Å². The number of amides is 1. The van der Waals surface area contributed by atoms with E-state index < -0.39 is 6.04 Å². The maximum absolute atomic E-state index is 12.3. The van der Waals surface area contributed by atoms with Crippen LogP contribution in [0.3, 0.4) is 0 Å². The largest absolute Gasteiger partial charge is 0.345 e. The fraction of sp³-hybridized carbons (Fsp3) is 0.300. The molecule has 2 rings (SSSR count). The number of likely N-dealkylation sites (N-methyl/N-ethyl adjacent to an activating group) is 1. The van der Waals surface area contributed by atoms with E-state index in [4.69, 9.17) is 11.6 Å². The second-order valence-corrected chi connectivity index (χ2v) is 6.59. The van der Waals surface area contributed by atoms with Crippen molar-refractivity contribution in [2.24, 2.45) is 0 Å². The van der Waals surface area contributed by atoms with E-state index in [0.29, 0.717) is 18.0 Å². The van der Waals surface area contributed by atoms with Crippen molar-refractivity contribution in [2.75, 3.05) is 13.6 Å². The second kappa shape index (κ2) is 9.35. The molecule has 0 aliphatic rings. The highest BCUT2D eigenvalue weighted by atomic mass is 35.5.